The number of piperidine rings is 1. The fourth-order valence-corrected chi connectivity index (χ4v) is 2.88. The SMILES string of the molecule is CC(C)Oc1ccccc1NC(=O)c1cc(N2CCCCC2)ncn1. The standard InChI is InChI=1S/C19H24N4O2/c1-14(2)25-17-9-5-4-8-15(17)22-19(24)16-12-18(21-13-20-16)23-10-6-3-7-11-23/h4-5,8-9,12-14H,3,6-7,10-11H2,1-2H3,(H,22,24). The smallest absolute Gasteiger partial charge is 0.274 e. The van der Waals surface area contributed by atoms with Gasteiger partial charge in [0.05, 0.1) is 11.8 Å². The zero-order chi connectivity index (χ0) is 17.6. The number of hydrogen-bond acceptors (Lipinski definition) is 5. The van der Waals surface area contributed by atoms with E-state index in [1.54, 1.807) is 6.07 Å². The summed E-state index contributed by atoms with van der Waals surface area (Å²) in [6, 6.07) is 9.16. The lowest BCUT2D eigenvalue weighted by atomic mass is 10.1. The van der Waals surface area contributed by atoms with Crippen LogP contribution in [-0.4, -0.2) is 35.1 Å². The molecular weight excluding hydrogens is 316 g/mol. The molecule has 0 saturated carbocycles. The number of amides is 1. The first kappa shape index (κ1) is 17.2. The van der Waals surface area contributed by atoms with Gasteiger partial charge in [0.15, 0.2) is 0 Å². The van der Waals surface area contributed by atoms with Crippen LogP contribution in [0.2, 0.25) is 0 Å². The summed E-state index contributed by atoms with van der Waals surface area (Å²) in [6.45, 7) is 5.86. The van der Waals surface area contributed by atoms with Crippen molar-refractivity contribution >= 4 is 17.4 Å². The van der Waals surface area contributed by atoms with Crippen molar-refractivity contribution in [2.75, 3.05) is 23.3 Å². The Kier molecular flexibility index (Phi) is 5.48. The van der Waals surface area contributed by atoms with E-state index < -0.39 is 0 Å². The van der Waals surface area contributed by atoms with Crippen LogP contribution in [0.4, 0.5) is 11.5 Å². The van der Waals surface area contributed by atoms with Crippen LogP contribution in [0.3, 0.4) is 0 Å². The van der Waals surface area contributed by atoms with E-state index >= 15 is 0 Å². The molecule has 1 fully saturated rings. The minimum atomic E-state index is -0.263. The van der Waals surface area contributed by atoms with Gasteiger partial charge in [-0.05, 0) is 45.2 Å². The summed E-state index contributed by atoms with van der Waals surface area (Å²) in [5, 5.41) is 2.89. The molecule has 1 aliphatic rings. The molecule has 0 spiro atoms. The molecule has 132 valence electrons. The lowest BCUT2D eigenvalue weighted by Crippen LogP contribution is -2.30. The van der Waals surface area contributed by atoms with Crippen LogP contribution in [0, 0.1) is 0 Å². The molecule has 3 rings (SSSR count). The molecule has 2 heterocycles. The van der Waals surface area contributed by atoms with Gasteiger partial charge in [-0.2, -0.15) is 0 Å². The number of benzene rings is 1. The molecule has 1 aliphatic heterocycles. The Balaban J connectivity index is 1.75. The molecule has 1 saturated heterocycles. The summed E-state index contributed by atoms with van der Waals surface area (Å²) >= 11 is 0. The Morgan fingerprint density at radius 1 is 1.16 bits per heavy atom. The molecule has 0 aliphatic carbocycles. The van der Waals surface area contributed by atoms with Crippen molar-refractivity contribution in [3.8, 4) is 5.75 Å². The van der Waals surface area contributed by atoms with E-state index in [0.29, 0.717) is 17.1 Å². The fraction of sp³-hybridized carbons (Fsp3) is 0.421. The van der Waals surface area contributed by atoms with Gasteiger partial charge in [0.1, 0.15) is 23.6 Å². The molecule has 6 nitrogen and oxygen atoms in total. The van der Waals surface area contributed by atoms with Crippen LogP contribution in [0.25, 0.3) is 0 Å². The van der Waals surface area contributed by atoms with Gasteiger partial charge in [0.25, 0.3) is 5.91 Å². The number of carbonyl (C=O) groups excluding carboxylic acids is 1. The topological polar surface area (TPSA) is 67.3 Å². The number of carbonyl (C=O) groups is 1. The molecular formula is C19H24N4O2. The van der Waals surface area contributed by atoms with Crippen LogP contribution in [0.15, 0.2) is 36.7 Å². The second kappa shape index (κ2) is 7.96. The van der Waals surface area contributed by atoms with E-state index in [0.717, 1.165) is 31.7 Å². The number of para-hydroxylation sites is 2. The highest BCUT2D eigenvalue weighted by Gasteiger charge is 2.16. The van der Waals surface area contributed by atoms with Crippen molar-refractivity contribution in [3.63, 3.8) is 0 Å². The quantitative estimate of drug-likeness (QED) is 0.902. The number of rotatable bonds is 5. The third-order valence-electron chi connectivity index (χ3n) is 4.06. The van der Waals surface area contributed by atoms with Crippen LogP contribution in [0.1, 0.15) is 43.6 Å². The predicted molar refractivity (Wildman–Crippen MR) is 98.3 cm³/mol. The Morgan fingerprint density at radius 3 is 2.68 bits per heavy atom. The van der Waals surface area contributed by atoms with Gasteiger partial charge < -0.3 is 15.0 Å². The maximum Gasteiger partial charge on any atom is 0.274 e. The summed E-state index contributed by atoms with van der Waals surface area (Å²) in [4.78, 5) is 23.3. The van der Waals surface area contributed by atoms with Gasteiger partial charge in [-0.3, -0.25) is 4.79 Å². The lowest BCUT2D eigenvalue weighted by Gasteiger charge is -2.27. The number of aromatic nitrogens is 2. The molecule has 6 heteroatoms. The Bertz CT molecular complexity index is 727. The highest BCUT2D eigenvalue weighted by atomic mass is 16.5. The first-order valence-electron chi connectivity index (χ1n) is 8.77. The van der Waals surface area contributed by atoms with Crippen molar-refractivity contribution < 1.29 is 9.53 Å². The molecule has 2 aromatic rings. The van der Waals surface area contributed by atoms with Crippen LogP contribution < -0.4 is 15.0 Å². The minimum absolute atomic E-state index is 0.0304. The van der Waals surface area contributed by atoms with Crippen molar-refractivity contribution in [1.82, 2.24) is 9.97 Å². The molecule has 25 heavy (non-hydrogen) atoms. The third kappa shape index (κ3) is 4.47. The zero-order valence-electron chi connectivity index (χ0n) is 14.7. The number of ether oxygens (including phenoxy) is 1. The highest BCUT2D eigenvalue weighted by molar-refractivity contribution is 6.04. The average molecular weight is 340 g/mol. The molecule has 1 aromatic carbocycles. The van der Waals surface area contributed by atoms with E-state index in [2.05, 4.69) is 20.2 Å². The van der Waals surface area contributed by atoms with E-state index in [9.17, 15) is 4.79 Å². The Hall–Kier alpha value is -2.63. The van der Waals surface area contributed by atoms with Gasteiger partial charge in [0.2, 0.25) is 0 Å². The number of nitrogens with one attached hydrogen (secondary N) is 1. The monoisotopic (exact) mass is 340 g/mol. The van der Waals surface area contributed by atoms with Gasteiger partial charge in [-0.25, -0.2) is 9.97 Å². The normalized spacial score (nSPS) is 14.4. The van der Waals surface area contributed by atoms with Gasteiger partial charge >= 0.3 is 0 Å². The summed E-state index contributed by atoms with van der Waals surface area (Å²) in [6.07, 6.45) is 5.05. The molecule has 0 atom stereocenters. The molecule has 1 N–H and O–H groups in total. The van der Waals surface area contributed by atoms with Gasteiger partial charge in [-0.1, -0.05) is 12.1 Å². The number of hydrogen-bond donors (Lipinski definition) is 1. The average Bonchev–Trinajstić information content (AvgIpc) is 2.64. The van der Waals surface area contributed by atoms with Crippen molar-refractivity contribution in [1.29, 1.82) is 0 Å². The maximum atomic E-state index is 12.6. The largest absolute Gasteiger partial charge is 0.489 e. The minimum Gasteiger partial charge on any atom is -0.489 e. The Labute approximate surface area is 148 Å². The third-order valence-corrected chi connectivity index (χ3v) is 4.06. The number of nitrogens with zero attached hydrogens (tertiary/aromatic N) is 3. The summed E-state index contributed by atoms with van der Waals surface area (Å²) < 4.78 is 5.75. The zero-order valence-corrected chi connectivity index (χ0v) is 14.7. The van der Waals surface area contributed by atoms with Crippen LogP contribution >= 0.6 is 0 Å². The fourth-order valence-electron chi connectivity index (χ4n) is 2.88. The van der Waals surface area contributed by atoms with Crippen molar-refractivity contribution in [2.24, 2.45) is 0 Å². The molecule has 0 radical (unpaired) electrons. The van der Waals surface area contributed by atoms with E-state index in [1.807, 2.05) is 38.1 Å². The second-order valence-corrected chi connectivity index (χ2v) is 6.43. The van der Waals surface area contributed by atoms with E-state index in [4.69, 9.17) is 4.74 Å². The molecule has 1 amide bonds. The van der Waals surface area contributed by atoms with Gasteiger partial charge in [0, 0.05) is 19.2 Å². The first-order valence-corrected chi connectivity index (χ1v) is 8.77. The van der Waals surface area contributed by atoms with Crippen LogP contribution in [0.5, 0.6) is 5.75 Å². The second-order valence-electron chi connectivity index (χ2n) is 6.43. The van der Waals surface area contributed by atoms with Gasteiger partial charge in [-0.15, -0.1) is 0 Å². The van der Waals surface area contributed by atoms with E-state index in [-0.39, 0.29) is 12.0 Å². The molecule has 0 bridgehead atoms. The predicted octanol–water partition coefficient (Wildman–Crippen LogP) is 3.51. The summed E-state index contributed by atoms with van der Waals surface area (Å²) in [7, 11) is 0. The molecule has 1 aromatic heterocycles. The first-order chi connectivity index (χ1) is 12.1. The molecule has 0 unspecified atom stereocenters. The van der Waals surface area contributed by atoms with Crippen molar-refractivity contribution in [3.05, 3.63) is 42.4 Å². The highest BCUT2D eigenvalue weighted by Crippen LogP contribution is 2.25. The summed E-state index contributed by atoms with van der Waals surface area (Å²) in [5.74, 6) is 1.20. The van der Waals surface area contributed by atoms with E-state index in [1.165, 1.54) is 12.7 Å². The lowest BCUT2D eigenvalue weighted by molar-refractivity contribution is 0.102. The number of anilines is 2. The summed E-state index contributed by atoms with van der Waals surface area (Å²) in [5.41, 5.74) is 0.995. The Morgan fingerprint density at radius 2 is 1.92 bits per heavy atom. The van der Waals surface area contributed by atoms with Crippen molar-refractivity contribution in [2.45, 2.75) is 39.2 Å². The van der Waals surface area contributed by atoms with Crippen LogP contribution in [-0.2, 0) is 0 Å². The maximum absolute atomic E-state index is 12.6.